The minimum absolute atomic E-state index is 0.00167. The zero-order valence-electron chi connectivity index (χ0n) is 27.7. The van der Waals surface area contributed by atoms with Crippen LogP contribution < -0.4 is 23.7 Å². The van der Waals surface area contributed by atoms with Crippen molar-refractivity contribution in [3.05, 3.63) is 71.3 Å². The van der Waals surface area contributed by atoms with Crippen molar-refractivity contribution in [2.45, 2.75) is 43.5 Å². The number of benzene rings is 3. The molecular formula is C35H44O14. The molecule has 4 rings (SSSR count). The summed E-state index contributed by atoms with van der Waals surface area (Å²) in [6, 6.07) is 14.3. The number of hydrogen-bond acceptors (Lipinski definition) is 14. The summed E-state index contributed by atoms with van der Waals surface area (Å²) in [6.45, 7) is -0.872. The number of carbonyl (C=O) groups excluding carboxylic acids is 1. The summed E-state index contributed by atoms with van der Waals surface area (Å²) in [6.07, 6.45) is -6.90. The Labute approximate surface area is 283 Å². The minimum atomic E-state index is -1.69. The number of ether oxygens (including phenoxy) is 7. The molecule has 1 saturated heterocycles. The second kappa shape index (κ2) is 17.4. The summed E-state index contributed by atoms with van der Waals surface area (Å²) in [5.41, 5.74) is 1.72. The smallest absolute Gasteiger partial charge is 0.338 e. The van der Waals surface area contributed by atoms with E-state index in [0.717, 1.165) is 11.1 Å². The molecule has 0 saturated carbocycles. The van der Waals surface area contributed by atoms with Gasteiger partial charge in [-0.1, -0.05) is 12.1 Å². The number of esters is 1. The van der Waals surface area contributed by atoms with E-state index in [9.17, 15) is 35.4 Å². The Morgan fingerprint density at radius 3 is 1.84 bits per heavy atom. The predicted molar refractivity (Wildman–Crippen MR) is 173 cm³/mol. The highest BCUT2D eigenvalue weighted by molar-refractivity contribution is 5.90. The van der Waals surface area contributed by atoms with Gasteiger partial charge in [-0.05, 0) is 78.3 Å². The van der Waals surface area contributed by atoms with Crippen molar-refractivity contribution in [1.29, 1.82) is 0 Å². The lowest BCUT2D eigenvalue weighted by atomic mass is 9.83. The molecule has 3 aromatic carbocycles. The number of aromatic hydroxyl groups is 1. The first-order chi connectivity index (χ1) is 23.6. The van der Waals surface area contributed by atoms with Crippen LogP contribution in [0.1, 0.15) is 21.5 Å². The molecule has 0 amide bonds. The Morgan fingerprint density at radius 2 is 1.24 bits per heavy atom. The summed E-state index contributed by atoms with van der Waals surface area (Å²) in [7, 11) is 5.74. The van der Waals surface area contributed by atoms with Gasteiger partial charge in [-0.2, -0.15) is 0 Å². The third kappa shape index (κ3) is 9.03. The van der Waals surface area contributed by atoms with Gasteiger partial charge in [0.25, 0.3) is 0 Å². The summed E-state index contributed by atoms with van der Waals surface area (Å²) in [5.74, 6) is 0.0310. The molecule has 14 nitrogen and oxygen atoms in total. The molecule has 2 unspecified atom stereocenters. The summed E-state index contributed by atoms with van der Waals surface area (Å²) >= 11 is 0. The topological polar surface area (TPSA) is 203 Å². The maximum atomic E-state index is 12.7. The first-order valence-corrected chi connectivity index (χ1v) is 15.6. The maximum absolute atomic E-state index is 12.7. The predicted octanol–water partition coefficient (Wildman–Crippen LogP) is 1.47. The maximum Gasteiger partial charge on any atom is 0.338 e. The van der Waals surface area contributed by atoms with Crippen LogP contribution in [0.4, 0.5) is 0 Å². The largest absolute Gasteiger partial charge is 0.504 e. The first kappa shape index (κ1) is 37.5. The zero-order chi connectivity index (χ0) is 35.7. The van der Waals surface area contributed by atoms with Crippen molar-refractivity contribution in [2.75, 3.05) is 48.3 Å². The van der Waals surface area contributed by atoms with E-state index in [1.807, 2.05) is 0 Å². The van der Waals surface area contributed by atoms with E-state index in [4.69, 9.17) is 33.2 Å². The van der Waals surface area contributed by atoms with E-state index in [0.29, 0.717) is 30.1 Å². The van der Waals surface area contributed by atoms with Crippen LogP contribution in [-0.4, -0.2) is 116 Å². The molecule has 6 N–H and O–H groups in total. The van der Waals surface area contributed by atoms with Crippen LogP contribution in [-0.2, 0) is 22.3 Å². The summed E-state index contributed by atoms with van der Waals surface area (Å²) in [5, 5.41) is 62.1. The van der Waals surface area contributed by atoms with E-state index >= 15 is 0 Å². The Hall–Kier alpha value is -4.31. The molecule has 1 aliphatic rings. The van der Waals surface area contributed by atoms with Gasteiger partial charge in [0.1, 0.15) is 31.0 Å². The highest BCUT2D eigenvalue weighted by atomic mass is 16.7. The second-order valence-corrected chi connectivity index (χ2v) is 11.6. The van der Waals surface area contributed by atoms with E-state index < -0.39 is 43.3 Å². The van der Waals surface area contributed by atoms with Gasteiger partial charge in [0.2, 0.25) is 6.29 Å². The number of aliphatic hydroxyl groups is 5. The number of methoxy groups -OCH3 is 4. The molecule has 14 heteroatoms. The van der Waals surface area contributed by atoms with Gasteiger partial charge in [0.15, 0.2) is 34.5 Å². The zero-order valence-corrected chi connectivity index (χ0v) is 27.7. The van der Waals surface area contributed by atoms with Crippen LogP contribution in [0.3, 0.4) is 0 Å². The van der Waals surface area contributed by atoms with Crippen LogP contribution in [0.5, 0.6) is 34.5 Å². The molecule has 0 bridgehead atoms. The van der Waals surface area contributed by atoms with Crippen molar-refractivity contribution in [3.63, 3.8) is 0 Å². The second-order valence-electron chi connectivity index (χ2n) is 11.6. The van der Waals surface area contributed by atoms with Gasteiger partial charge in [-0.25, -0.2) is 4.79 Å². The molecule has 268 valence electrons. The van der Waals surface area contributed by atoms with Crippen molar-refractivity contribution < 1.29 is 68.6 Å². The lowest BCUT2D eigenvalue weighted by Crippen LogP contribution is -2.60. The van der Waals surface area contributed by atoms with Crippen LogP contribution in [0.25, 0.3) is 0 Å². The molecule has 1 aliphatic heterocycles. The van der Waals surface area contributed by atoms with Crippen LogP contribution in [0.15, 0.2) is 54.6 Å². The van der Waals surface area contributed by atoms with Gasteiger partial charge >= 0.3 is 5.97 Å². The van der Waals surface area contributed by atoms with E-state index in [1.54, 1.807) is 30.3 Å². The molecular weight excluding hydrogens is 644 g/mol. The molecule has 3 aromatic rings. The standard InChI is InChI=1S/C35H44O14/c1-43-25-10-7-21(15-29(25)46-4)34(42)47-18-30-31(39)32(40)33(41)35(49-30)48-26-9-6-20(14-28(26)45-3)12-23(17-37)22(16-36)11-19-5-8-24(38)27(13-19)44-2/h5-10,13-15,22-23,30-33,35-41H,11-12,16-18H2,1-4H3/t22?,23?,30-,31-,32+,33-,35-/m1/s1. The van der Waals surface area contributed by atoms with Gasteiger partial charge in [-0.15, -0.1) is 0 Å². The number of rotatable bonds is 16. The molecule has 1 fully saturated rings. The first-order valence-electron chi connectivity index (χ1n) is 15.6. The summed E-state index contributed by atoms with van der Waals surface area (Å²) < 4.78 is 38.1. The molecule has 0 aliphatic carbocycles. The number of phenolic OH excluding ortho intramolecular Hbond substituents is 1. The number of carbonyl (C=O) groups is 1. The molecule has 7 atom stereocenters. The minimum Gasteiger partial charge on any atom is -0.504 e. The van der Waals surface area contributed by atoms with Crippen LogP contribution >= 0.6 is 0 Å². The fourth-order valence-corrected chi connectivity index (χ4v) is 5.63. The van der Waals surface area contributed by atoms with Crippen molar-refractivity contribution in [2.24, 2.45) is 11.8 Å². The van der Waals surface area contributed by atoms with Crippen molar-refractivity contribution in [1.82, 2.24) is 0 Å². The lowest BCUT2D eigenvalue weighted by Gasteiger charge is -2.40. The Morgan fingerprint density at radius 1 is 0.694 bits per heavy atom. The highest BCUT2D eigenvalue weighted by Gasteiger charge is 2.45. The normalized spacial score (nSPS) is 21.7. The van der Waals surface area contributed by atoms with E-state index in [2.05, 4.69) is 0 Å². The Kier molecular flexibility index (Phi) is 13.3. The molecule has 49 heavy (non-hydrogen) atoms. The Bertz CT molecular complexity index is 1530. The van der Waals surface area contributed by atoms with Gasteiger partial charge in [0, 0.05) is 13.2 Å². The average molecular weight is 689 g/mol. The highest BCUT2D eigenvalue weighted by Crippen LogP contribution is 2.35. The Balaban J connectivity index is 1.43. The van der Waals surface area contributed by atoms with Crippen LogP contribution in [0.2, 0.25) is 0 Å². The number of phenols is 1. The lowest BCUT2D eigenvalue weighted by molar-refractivity contribution is -0.277. The van der Waals surface area contributed by atoms with Crippen molar-refractivity contribution in [3.8, 4) is 34.5 Å². The summed E-state index contributed by atoms with van der Waals surface area (Å²) in [4.78, 5) is 12.7. The molecule has 0 spiro atoms. The third-order valence-corrected chi connectivity index (χ3v) is 8.51. The molecule has 1 heterocycles. The van der Waals surface area contributed by atoms with E-state index in [1.165, 1.54) is 52.7 Å². The molecule has 0 radical (unpaired) electrons. The quantitative estimate of drug-likeness (QED) is 0.118. The van der Waals surface area contributed by atoms with Gasteiger partial charge in [0.05, 0.1) is 34.0 Å². The average Bonchev–Trinajstić information content (AvgIpc) is 3.13. The monoisotopic (exact) mass is 688 g/mol. The van der Waals surface area contributed by atoms with Crippen LogP contribution in [0, 0.1) is 11.8 Å². The van der Waals surface area contributed by atoms with Gasteiger partial charge in [-0.3, -0.25) is 0 Å². The fourth-order valence-electron chi connectivity index (χ4n) is 5.63. The van der Waals surface area contributed by atoms with Gasteiger partial charge < -0.3 is 63.8 Å². The SMILES string of the molecule is COc1cc(CC(CO)C(CO)Cc2ccc(O[C@@H]3O[C@H](COC(=O)c4ccc(OC)c(OC)c4)[C@@H](O)[C@H](O)[C@H]3O)c(OC)c2)ccc1O. The third-order valence-electron chi connectivity index (χ3n) is 8.51. The fraction of sp³-hybridized carbons (Fsp3) is 0.457. The molecule has 0 aromatic heterocycles. The number of hydrogen-bond donors (Lipinski definition) is 6. The van der Waals surface area contributed by atoms with E-state index in [-0.39, 0.29) is 47.9 Å². The number of aliphatic hydroxyl groups excluding tert-OH is 5. The van der Waals surface area contributed by atoms with Crippen molar-refractivity contribution >= 4 is 5.97 Å².